The molecule has 2 nitrogen and oxygen atoms in total. The maximum absolute atomic E-state index is 9.19. The Hall–Kier alpha value is -0.340. The van der Waals surface area contributed by atoms with Gasteiger partial charge in [0.05, 0.1) is 6.04 Å². The van der Waals surface area contributed by atoms with Gasteiger partial charge >= 0.3 is 0 Å². The molecule has 0 amide bonds. The van der Waals surface area contributed by atoms with E-state index in [0.29, 0.717) is 5.41 Å². The smallest absolute Gasteiger partial charge is 0.0502 e. The van der Waals surface area contributed by atoms with Crippen molar-refractivity contribution in [1.29, 1.82) is 0 Å². The standard InChI is InChI=1S/C17H31NO/c1-11(2)15-7-6-13-10-14(18-19)8-9-17(13,5)16(15)12(3)4/h10-12,14-16,18-19H,6-9H2,1-5H3/t14-,15?,16?,17-/m0/s1. The molecule has 2 unspecified atom stereocenters. The Kier molecular flexibility index (Phi) is 4.42. The van der Waals surface area contributed by atoms with E-state index in [1.54, 1.807) is 5.57 Å². The second-order valence-corrected chi connectivity index (χ2v) is 7.60. The van der Waals surface area contributed by atoms with Crippen LogP contribution in [-0.4, -0.2) is 11.2 Å². The fraction of sp³-hybridized carbons (Fsp3) is 0.882. The van der Waals surface area contributed by atoms with Crippen molar-refractivity contribution in [3.63, 3.8) is 0 Å². The van der Waals surface area contributed by atoms with Gasteiger partial charge in [-0.3, -0.25) is 0 Å². The number of hydroxylamine groups is 1. The van der Waals surface area contributed by atoms with E-state index >= 15 is 0 Å². The van der Waals surface area contributed by atoms with Gasteiger partial charge in [0, 0.05) is 0 Å². The fourth-order valence-electron chi connectivity index (χ4n) is 4.94. The zero-order valence-electron chi connectivity index (χ0n) is 13.2. The average molecular weight is 265 g/mol. The second kappa shape index (κ2) is 5.57. The predicted octanol–water partition coefficient (Wildman–Crippen LogP) is 4.40. The van der Waals surface area contributed by atoms with Crippen LogP contribution in [-0.2, 0) is 0 Å². The van der Waals surface area contributed by atoms with Crippen LogP contribution in [0.25, 0.3) is 0 Å². The molecule has 0 spiro atoms. The van der Waals surface area contributed by atoms with E-state index in [2.05, 4.69) is 46.2 Å². The summed E-state index contributed by atoms with van der Waals surface area (Å²) in [5.41, 5.74) is 4.41. The van der Waals surface area contributed by atoms with Crippen LogP contribution >= 0.6 is 0 Å². The van der Waals surface area contributed by atoms with Gasteiger partial charge in [0.15, 0.2) is 0 Å². The van der Waals surface area contributed by atoms with E-state index in [9.17, 15) is 5.21 Å². The lowest BCUT2D eigenvalue weighted by atomic mass is 9.52. The summed E-state index contributed by atoms with van der Waals surface area (Å²) in [5, 5.41) is 9.19. The highest BCUT2D eigenvalue weighted by atomic mass is 16.5. The molecule has 19 heavy (non-hydrogen) atoms. The molecular formula is C17H31NO. The van der Waals surface area contributed by atoms with E-state index in [1.165, 1.54) is 19.3 Å². The largest absolute Gasteiger partial charge is 0.316 e. The van der Waals surface area contributed by atoms with Crippen molar-refractivity contribution in [2.24, 2.45) is 29.1 Å². The maximum Gasteiger partial charge on any atom is 0.0502 e. The van der Waals surface area contributed by atoms with E-state index in [4.69, 9.17) is 0 Å². The average Bonchev–Trinajstić information content (AvgIpc) is 2.35. The van der Waals surface area contributed by atoms with Crippen molar-refractivity contribution in [1.82, 2.24) is 5.48 Å². The molecule has 0 bridgehead atoms. The quantitative estimate of drug-likeness (QED) is 0.585. The molecule has 110 valence electrons. The molecule has 0 radical (unpaired) electrons. The highest BCUT2D eigenvalue weighted by Crippen LogP contribution is 2.56. The molecule has 0 aromatic rings. The van der Waals surface area contributed by atoms with Gasteiger partial charge in [-0.1, -0.05) is 46.3 Å². The lowest BCUT2D eigenvalue weighted by Crippen LogP contribution is -2.47. The summed E-state index contributed by atoms with van der Waals surface area (Å²) in [7, 11) is 0. The van der Waals surface area contributed by atoms with Gasteiger partial charge in [-0.2, -0.15) is 5.48 Å². The summed E-state index contributed by atoms with van der Waals surface area (Å²) < 4.78 is 0. The molecule has 0 saturated heterocycles. The first-order valence-corrected chi connectivity index (χ1v) is 8.01. The molecule has 0 heterocycles. The first-order valence-electron chi connectivity index (χ1n) is 8.01. The van der Waals surface area contributed by atoms with Crippen LogP contribution in [0.3, 0.4) is 0 Å². The molecule has 2 N–H and O–H groups in total. The lowest BCUT2D eigenvalue weighted by molar-refractivity contribution is 0.0216. The molecule has 0 aromatic carbocycles. The van der Waals surface area contributed by atoms with Crippen molar-refractivity contribution in [3.8, 4) is 0 Å². The van der Waals surface area contributed by atoms with Gasteiger partial charge in [-0.25, -0.2) is 0 Å². The Morgan fingerprint density at radius 1 is 1.21 bits per heavy atom. The van der Waals surface area contributed by atoms with Crippen LogP contribution in [0.15, 0.2) is 11.6 Å². The molecule has 2 aliphatic rings. The minimum absolute atomic E-state index is 0.173. The Balaban J connectivity index is 2.34. The zero-order valence-corrected chi connectivity index (χ0v) is 13.2. The third kappa shape index (κ3) is 2.62. The molecule has 1 saturated carbocycles. The van der Waals surface area contributed by atoms with Gasteiger partial charge in [0.25, 0.3) is 0 Å². The molecule has 0 aliphatic heterocycles. The molecular weight excluding hydrogens is 234 g/mol. The molecule has 2 heteroatoms. The van der Waals surface area contributed by atoms with Crippen molar-refractivity contribution in [2.45, 2.75) is 66.3 Å². The Labute approximate surface area is 118 Å². The number of fused-ring (bicyclic) bond motifs is 1. The summed E-state index contributed by atoms with van der Waals surface area (Å²) in [4.78, 5) is 0. The van der Waals surface area contributed by atoms with E-state index in [-0.39, 0.29) is 6.04 Å². The summed E-state index contributed by atoms with van der Waals surface area (Å²) in [5.74, 6) is 3.15. The van der Waals surface area contributed by atoms with Crippen molar-refractivity contribution >= 4 is 0 Å². The van der Waals surface area contributed by atoms with Crippen LogP contribution in [0.5, 0.6) is 0 Å². The minimum atomic E-state index is 0.173. The van der Waals surface area contributed by atoms with E-state index in [1.807, 2.05) is 0 Å². The van der Waals surface area contributed by atoms with Gasteiger partial charge in [0.2, 0.25) is 0 Å². The van der Waals surface area contributed by atoms with Gasteiger partial charge < -0.3 is 5.21 Å². The highest BCUT2D eigenvalue weighted by Gasteiger charge is 2.48. The zero-order chi connectivity index (χ0) is 14.2. The topological polar surface area (TPSA) is 32.3 Å². The van der Waals surface area contributed by atoms with Crippen LogP contribution in [0.1, 0.15) is 60.3 Å². The van der Waals surface area contributed by atoms with E-state index < -0.39 is 0 Å². The molecule has 0 aromatic heterocycles. The number of nitrogens with one attached hydrogen (secondary N) is 1. The summed E-state index contributed by atoms with van der Waals surface area (Å²) in [6, 6.07) is 0.173. The Bertz CT molecular complexity index is 347. The Morgan fingerprint density at radius 2 is 1.89 bits per heavy atom. The van der Waals surface area contributed by atoms with Crippen molar-refractivity contribution in [2.75, 3.05) is 0 Å². The van der Waals surface area contributed by atoms with Crippen LogP contribution in [0.4, 0.5) is 0 Å². The summed E-state index contributed by atoms with van der Waals surface area (Å²) >= 11 is 0. The summed E-state index contributed by atoms with van der Waals surface area (Å²) in [6.45, 7) is 12.0. The minimum Gasteiger partial charge on any atom is -0.316 e. The SMILES string of the molecule is CC(C)C1CCC2=C[C@@H](NO)CC[C@]2(C)C1C(C)C. The molecule has 2 aliphatic carbocycles. The van der Waals surface area contributed by atoms with Gasteiger partial charge in [0.1, 0.15) is 0 Å². The lowest BCUT2D eigenvalue weighted by Gasteiger charge is -2.53. The van der Waals surface area contributed by atoms with Crippen LogP contribution in [0, 0.1) is 29.1 Å². The number of hydrogen-bond donors (Lipinski definition) is 2. The first-order chi connectivity index (χ1) is 8.90. The van der Waals surface area contributed by atoms with E-state index in [0.717, 1.165) is 30.1 Å². The normalized spacial score (nSPS) is 39.4. The van der Waals surface area contributed by atoms with Gasteiger partial charge in [-0.05, 0) is 54.8 Å². The summed E-state index contributed by atoms with van der Waals surface area (Å²) in [6.07, 6.45) is 7.13. The number of allylic oxidation sites excluding steroid dienone is 1. The third-order valence-corrected chi connectivity index (χ3v) is 5.79. The predicted molar refractivity (Wildman–Crippen MR) is 80.0 cm³/mol. The third-order valence-electron chi connectivity index (χ3n) is 5.79. The van der Waals surface area contributed by atoms with Gasteiger partial charge in [-0.15, -0.1) is 0 Å². The van der Waals surface area contributed by atoms with Crippen LogP contribution in [0.2, 0.25) is 0 Å². The molecule has 4 atom stereocenters. The van der Waals surface area contributed by atoms with Crippen LogP contribution < -0.4 is 5.48 Å². The number of rotatable bonds is 3. The van der Waals surface area contributed by atoms with Crippen molar-refractivity contribution in [3.05, 3.63) is 11.6 Å². The van der Waals surface area contributed by atoms with Crippen molar-refractivity contribution < 1.29 is 5.21 Å². The fourth-order valence-corrected chi connectivity index (χ4v) is 4.94. The molecule has 1 fully saturated rings. The highest BCUT2D eigenvalue weighted by molar-refractivity contribution is 5.24. The number of hydrogen-bond acceptors (Lipinski definition) is 2. The first kappa shape index (κ1) is 15.1. The monoisotopic (exact) mass is 265 g/mol. The molecule has 2 rings (SSSR count). The maximum atomic E-state index is 9.19. The Morgan fingerprint density at radius 3 is 2.42 bits per heavy atom. The second-order valence-electron chi connectivity index (χ2n) is 7.60.